The molecule has 0 N–H and O–H groups in total. The minimum atomic E-state index is -0.401. The summed E-state index contributed by atoms with van der Waals surface area (Å²) in [6, 6.07) is 25.4. The Kier molecular flexibility index (Phi) is 6.06. The van der Waals surface area contributed by atoms with Crippen LogP contribution in [0.5, 0.6) is 11.5 Å². The number of ether oxygens (including phenoxy) is 3. The molecule has 0 saturated carbocycles. The highest BCUT2D eigenvalue weighted by Gasteiger charge is 2.25. The van der Waals surface area contributed by atoms with Crippen LogP contribution in [-0.4, -0.2) is 31.0 Å². The van der Waals surface area contributed by atoms with Crippen molar-refractivity contribution in [3.05, 3.63) is 101 Å². The van der Waals surface area contributed by atoms with E-state index in [-0.39, 0.29) is 19.3 Å². The van der Waals surface area contributed by atoms with Crippen LogP contribution in [-0.2, 0) is 21.0 Å². The smallest absolute Gasteiger partial charge is 0.337 e. The predicted molar refractivity (Wildman–Crippen MR) is 124 cm³/mol. The van der Waals surface area contributed by atoms with E-state index in [0.29, 0.717) is 18.6 Å². The third kappa shape index (κ3) is 5.06. The Morgan fingerprint density at radius 3 is 2.61 bits per heavy atom. The van der Waals surface area contributed by atoms with Crippen LogP contribution >= 0.6 is 0 Å². The monoisotopic (exact) mass is 441 g/mol. The summed E-state index contributed by atoms with van der Waals surface area (Å²) in [7, 11) is 0. The average molecular weight is 441 g/mol. The molecule has 2 aliphatic rings. The van der Waals surface area contributed by atoms with E-state index in [1.165, 1.54) is 0 Å². The van der Waals surface area contributed by atoms with Crippen LogP contribution < -0.4 is 9.47 Å². The third-order valence-electron chi connectivity index (χ3n) is 5.46. The predicted octanol–water partition coefficient (Wildman–Crippen LogP) is 4.78. The molecule has 6 nitrogen and oxygen atoms in total. The summed E-state index contributed by atoms with van der Waals surface area (Å²) in [4.78, 5) is 17.9. The fraction of sp³-hybridized carbons (Fsp3) is 0.185. The lowest BCUT2D eigenvalue weighted by Gasteiger charge is -2.17. The zero-order valence-corrected chi connectivity index (χ0v) is 18.0. The molecule has 1 unspecified atom stereocenters. The number of nitrogens with zero attached hydrogens (tertiary/aromatic N) is 1. The Labute approximate surface area is 192 Å². The van der Waals surface area contributed by atoms with E-state index in [4.69, 9.17) is 19.0 Å². The molecule has 166 valence electrons. The molecule has 2 heterocycles. The van der Waals surface area contributed by atoms with Crippen LogP contribution in [0.4, 0.5) is 0 Å². The van der Waals surface area contributed by atoms with Gasteiger partial charge in [-0.3, -0.25) is 0 Å². The van der Waals surface area contributed by atoms with Gasteiger partial charge < -0.3 is 19.0 Å². The molecule has 3 aromatic carbocycles. The molecule has 1 atom stereocenters. The first kappa shape index (κ1) is 20.8. The molecule has 6 heteroatoms. The van der Waals surface area contributed by atoms with Crippen LogP contribution in [0, 0.1) is 0 Å². The van der Waals surface area contributed by atoms with Gasteiger partial charge in [0.05, 0.1) is 11.3 Å². The maximum absolute atomic E-state index is 12.4. The number of oxime groups is 1. The van der Waals surface area contributed by atoms with Gasteiger partial charge >= 0.3 is 5.97 Å². The van der Waals surface area contributed by atoms with E-state index in [2.05, 4.69) is 5.16 Å². The van der Waals surface area contributed by atoms with Crippen molar-refractivity contribution in [3.8, 4) is 11.5 Å². The second-order valence-electron chi connectivity index (χ2n) is 7.86. The van der Waals surface area contributed by atoms with Crippen molar-refractivity contribution < 1.29 is 23.8 Å². The van der Waals surface area contributed by atoms with Crippen LogP contribution in [0.3, 0.4) is 0 Å². The molecule has 0 saturated heterocycles. The molecule has 0 radical (unpaired) electrons. The normalized spacial score (nSPS) is 16.5. The Bertz CT molecular complexity index is 1180. The maximum Gasteiger partial charge on any atom is 0.337 e. The highest BCUT2D eigenvalue weighted by molar-refractivity contribution is 6.01. The van der Waals surface area contributed by atoms with Crippen molar-refractivity contribution in [2.24, 2.45) is 5.16 Å². The minimum Gasteiger partial charge on any atom is -0.489 e. The standard InChI is InChI=1S/C27H23NO5/c29-27(22-14-21-8-4-5-9-26(21)31-17-22)32-18-24-15-25(28-33-24)20-10-12-23(13-11-20)30-16-19-6-2-1-3-7-19/h1-14,24H,15-18H2. The van der Waals surface area contributed by atoms with E-state index < -0.39 is 5.97 Å². The molecule has 0 amide bonds. The van der Waals surface area contributed by atoms with Gasteiger partial charge in [0.15, 0.2) is 6.10 Å². The summed E-state index contributed by atoms with van der Waals surface area (Å²) in [5, 5.41) is 4.18. The molecule has 2 aliphatic heterocycles. The number of hydrogen-bond acceptors (Lipinski definition) is 6. The van der Waals surface area contributed by atoms with Gasteiger partial charge in [0, 0.05) is 12.0 Å². The number of para-hydroxylation sites is 1. The molecule has 3 aromatic rings. The van der Waals surface area contributed by atoms with Crippen molar-refractivity contribution in [2.75, 3.05) is 13.2 Å². The van der Waals surface area contributed by atoms with Crippen molar-refractivity contribution in [2.45, 2.75) is 19.1 Å². The fourth-order valence-corrected chi connectivity index (χ4v) is 3.67. The first-order valence-electron chi connectivity index (χ1n) is 10.8. The van der Waals surface area contributed by atoms with Crippen molar-refractivity contribution in [3.63, 3.8) is 0 Å². The Balaban J connectivity index is 1.10. The summed E-state index contributed by atoms with van der Waals surface area (Å²) < 4.78 is 16.9. The lowest BCUT2D eigenvalue weighted by molar-refractivity contribution is -0.143. The van der Waals surface area contributed by atoms with Gasteiger partial charge in [-0.2, -0.15) is 0 Å². The molecular weight excluding hydrogens is 418 g/mol. The maximum atomic E-state index is 12.4. The number of carbonyl (C=O) groups excluding carboxylic acids is 1. The first-order valence-corrected chi connectivity index (χ1v) is 10.8. The summed E-state index contributed by atoms with van der Waals surface area (Å²) in [6.45, 7) is 0.843. The highest BCUT2D eigenvalue weighted by atomic mass is 16.7. The van der Waals surface area contributed by atoms with E-state index in [9.17, 15) is 4.79 Å². The second-order valence-corrected chi connectivity index (χ2v) is 7.86. The van der Waals surface area contributed by atoms with Crippen LogP contribution in [0.2, 0.25) is 0 Å². The summed E-state index contributed by atoms with van der Waals surface area (Å²) in [5.74, 6) is 1.15. The molecule has 0 bridgehead atoms. The van der Waals surface area contributed by atoms with Crippen LogP contribution in [0.25, 0.3) is 6.08 Å². The SMILES string of the molecule is O=C(OCC1CC(c2ccc(OCc3ccccc3)cc2)=NO1)C1=Cc2ccccc2OC1. The minimum absolute atomic E-state index is 0.128. The lowest BCUT2D eigenvalue weighted by Crippen LogP contribution is -2.23. The average Bonchev–Trinajstić information content (AvgIpc) is 3.36. The van der Waals surface area contributed by atoms with E-state index in [1.807, 2.05) is 78.9 Å². The Morgan fingerprint density at radius 1 is 0.970 bits per heavy atom. The van der Waals surface area contributed by atoms with Gasteiger partial charge in [-0.25, -0.2) is 4.79 Å². The lowest BCUT2D eigenvalue weighted by atomic mass is 10.1. The van der Waals surface area contributed by atoms with Gasteiger partial charge in [-0.1, -0.05) is 53.7 Å². The summed E-state index contributed by atoms with van der Waals surface area (Å²) in [6.07, 6.45) is 2.06. The number of carbonyl (C=O) groups is 1. The number of fused-ring (bicyclic) bond motifs is 1. The number of benzene rings is 3. The van der Waals surface area contributed by atoms with E-state index >= 15 is 0 Å². The molecule has 33 heavy (non-hydrogen) atoms. The number of hydrogen-bond donors (Lipinski definition) is 0. The van der Waals surface area contributed by atoms with E-state index in [0.717, 1.165) is 33.9 Å². The molecular formula is C27H23NO5. The summed E-state index contributed by atoms with van der Waals surface area (Å²) >= 11 is 0. The van der Waals surface area contributed by atoms with Gasteiger partial charge in [0.1, 0.15) is 31.3 Å². The Morgan fingerprint density at radius 2 is 1.76 bits per heavy atom. The zero-order valence-electron chi connectivity index (χ0n) is 18.0. The summed E-state index contributed by atoms with van der Waals surface area (Å²) in [5.41, 5.74) is 4.25. The second kappa shape index (κ2) is 9.61. The topological polar surface area (TPSA) is 66.4 Å². The van der Waals surface area contributed by atoms with E-state index in [1.54, 1.807) is 6.08 Å². The first-order chi connectivity index (χ1) is 16.2. The zero-order chi connectivity index (χ0) is 22.5. The molecule has 0 spiro atoms. The van der Waals surface area contributed by atoms with Gasteiger partial charge in [-0.05, 0) is 47.5 Å². The highest BCUT2D eigenvalue weighted by Crippen LogP contribution is 2.26. The quantitative estimate of drug-likeness (QED) is 0.494. The van der Waals surface area contributed by atoms with Gasteiger partial charge in [-0.15, -0.1) is 0 Å². The molecule has 0 aromatic heterocycles. The largest absolute Gasteiger partial charge is 0.489 e. The van der Waals surface area contributed by atoms with Gasteiger partial charge in [0.2, 0.25) is 0 Å². The molecule has 0 aliphatic carbocycles. The number of rotatable bonds is 7. The number of esters is 1. The fourth-order valence-electron chi connectivity index (χ4n) is 3.67. The molecule has 5 rings (SSSR count). The third-order valence-corrected chi connectivity index (χ3v) is 5.46. The van der Waals surface area contributed by atoms with Crippen molar-refractivity contribution >= 4 is 17.8 Å². The molecule has 0 fully saturated rings. The Hall–Kier alpha value is -4.06. The van der Waals surface area contributed by atoms with Crippen molar-refractivity contribution in [1.82, 2.24) is 0 Å². The van der Waals surface area contributed by atoms with Gasteiger partial charge in [0.25, 0.3) is 0 Å². The van der Waals surface area contributed by atoms with Crippen molar-refractivity contribution in [1.29, 1.82) is 0 Å². The van der Waals surface area contributed by atoms with Crippen LogP contribution in [0.15, 0.2) is 89.6 Å². The van der Waals surface area contributed by atoms with Crippen LogP contribution in [0.1, 0.15) is 23.1 Å².